The van der Waals surface area contributed by atoms with E-state index in [1.807, 2.05) is 30.3 Å². The molecule has 2 N–H and O–H groups in total. The van der Waals surface area contributed by atoms with Crippen LogP contribution in [0.1, 0.15) is 16.7 Å². The van der Waals surface area contributed by atoms with Crippen molar-refractivity contribution >= 4 is 15.9 Å². The van der Waals surface area contributed by atoms with Crippen LogP contribution in [-0.4, -0.2) is 0 Å². The van der Waals surface area contributed by atoms with Gasteiger partial charge >= 0.3 is 0 Å². The summed E-state index contributed by atoms with van der Waals surface area (Å²) in [5, 5.41) is 0. The Kier molecular flexibility index (Phi) is 4.93. The predicted octanol–water partition coefficient (Wildman–Crippen LogP) is 3.62. The number of ether oxygens (including phenoxy) is 1. The van der Waals surface area contributed by atoms with Gasteiger partial charge in [0.05, 0.1) is 13.2 Å². The molecule has 0 heterocycles. The molecule has 2 rings (SSSR count). The Labute approximate surface area is 116 Å². The summed E-state index contributed by atoms with van der Waals surface area (Å²) in [5.74, 6) is 0. The van der Waals surface area contributed by atoms with E-state index < -0.39 is 0 Å². The highest BCUT2D eigenvalue weighted by Crippen LogP contribution is 2.17. The summed E-state index contributed by atoms with van der Waals surface area (Å²) in [6, 6.07) is 16.3. The molecule has 0 unspecified atom stereocenters. The fourth-order valence-corrected chi connectivity index (χ4v) is 2.07. The molecule has 0 bridgehead atoms. The number of rotatable bonds is 5. The SMILES string of the molecule is NCc1ccc(COCc2ccccc2Br)cc1. The smallest absolute Gasteiger partial charge is 0.0732 e. The van der Waals surface area contributed by atoms with Crippen molar-refractivity contribution < 1.29 is 4.74 Å². The Balaban J connectivity index is 1.86. The zero-order valence-corrected chi connectivity index (χ0v) is 11.7. The van der Waals surface area contributed by atoms with Crippen LogP contribution >= 0.6 is 15.9 Å². The third kappa shape index (κ3) is 3.67. The van der Waals surface area contributed by atoms with Crippen LogP contribution in [0.15, 0.2) is 53.0 Å². The summed E-state index contributed by atoms with van der Waals surface area (Å²) >= 11 is 3.51. The van der Waals surface area contributed by atoms with Crippen molar-refractivity contribution in [3.8, 4) is 0 Å². The van der Waals surface area contributed by atoms with Gasteiger partial charge in [-0.05, 0) is 22.8 Å². The fraction of sp³-hybridized carbons (Fsp3) is 0.200. The van der Waals surface area contributed by atoms with E-state index in [9.17, 15) is 0 Å². The van der Waals surface area contributed by atoms with Crippen LogP contribution in [0.2, 0.25) is 0 Å². The molecule has 0 aromatic heterocycles. The molecule has 94 valence electrons. The zero-order valence-electron chi connectivity index (χ0n) is 10.1. The molecular weight excluding hydrogens is 290 g/mol. The Bertz CT molecular complexity index is 496. The van der Waals surface area contributed by atoms with Crippen LogP contribution in [-0.2, 0) is 24.5 Å². The maximum absolute atomic E-state index is 5.70. The van der Waals surface area contributed by atoms with Crippen molar-refractivity contribution in [1.82, 2.24) is 0 Å². The van der Waals surface area contributed by atoms with Crippen molar-refractivity contribution in [2.75, 3.05) is 0 Å². The largest absolute Gasteiger partial charge is 0.372 e. The van der Waals surface area contributed by atoms with E-state index in [-0.39, 0.29) is 0 Å². The van der Waals surface area contributed by atoms with E-state index in [2.05, 4.69) is 34.1 Å². The van der Waals surface area contributed by atoms with Crippen LogP contribution in [0.4, 0.5) is 0 Å². The van der Waals surface area contributed by atoms with E-state index in [1.165, 1.54) is 5.56 Å². The second-order valence-corrected chi connectivity index (χ2v) is 4.96. The molecule has 18 heavy (non-hydrogen) atoms. The first-order valence-electron chi connectivity index (χ1n) is 5.88. The predicted molar refractivity (Wildman–Crippen MR) is 77.0 cm³/mol. The van der Waals surface area contributed by atoms with Crippen molar-refractivity contribution in [2.24, 2.45) is 5.73 Å². The van der Waals surface area contributed by atoms with Gasteiger partial charge in [0.2, 0.25) is 0 Å². The van der Waals surface area contributed by atoms with Gasteiger partial charge in [0.25, 0.3) is 0 Å². The van der Waals surface area contributed by atoms with Crippen molar-refractivity contribution in [3.05, 3.63) is 69.7 Å². The molecule has 0 saturated carbocycles. The summed E-state index contributed by atoms with van der Waals surface area (Å²) < 4.78 is 6.79. The monoisotopic (exact) mass is 305 g/mol. The first-order valence-corrected chi connectivity index (χ1v) is 6.68. The summed E-state index contributed by atoms with van der Waals surface area (Å²) in [4.78, 5) is 0. The Hall–Kier alpha value is -1.16. The summed E-state index contributed by atoms with van der Waals surface area (Å²) in [5.41, 5.74) is 9.03. The molecule has 0 saturated heterocycles. The summed E-state index contributed by atoms with van der Waals surface area (Å²) in [6.07, 6.45) is 0. The van der Waals surface area contributed by atoms with Gasteiger partial charge in [0, 0.05) is 11.0 Å². The lowest BCUT2D eigenvalue weighted by Gasteiger charge is -2.07. The van der Waals surface area contributed by atoms with Gasteiger partial charge in [-0.15, -0.1) is 0 Å². The first-order chi connectivity index (χ1) is 8.79. The van der Waals surface area contributed by atoms with Crippen LogP contribution in [0.3, 0.4) is 0 Å². The summed E-state index contributed by atoms with van der Waals surface area (Å²) in [7, 11) is 0. The van der Waals surface area contributed by atoms with E-state index in [1.54, 1.807) is 0 Å². The Morgan fingerprint density at radius 2 is 1.56 bits per heavy atom. The fourth-order valence-electron chi connectivity index (χ4n) is 1.67. The number of nitrogens with two attached hydrogens (primary N) is 1. The molecule has 0 aliphatic rings. The van der Waals surface area contributed by atoms with Gasteiger partial charge in [-0.3, -0.25) is 0 Å². The highest BCUT2D eigenvalue weighted by atomic mass is 79.9. The summed E-state index contributed by atoms with van der Waals surface area (Å²) in [6.45, 7) is 1.81. The molecule has 2 aromatic carbocycles. The van der Waals surface area contributed by atoms with Crippen LogP contribution in [0.25, 0.3) is 0 Å². The second kappa shape index (κ2) is 6.69. The molecule has 0 amide bonds. The molecule has 3 heteroatoms. The molecule has 0 spiro atoms. The molecule has 0 aliphatic carbocycles. The van der Waals surface area contributed by atoms with Crippen molar-refractivity contribution in [1.29, 1.82) is 0 Å². The maximum Gasteiger partial charge on any atom is 0.0732 e. The standard InChI is InChI=1S/C15H16BrNO/c16-15-4-2-1-3-14(15)11-18-10-13-7-5-12(9-17)6-8-13/h1-8H,9-11,17H2. The van der Waals surface area contributed by atoms with E-state index in [0.29, 0.717) is 19.8 Å². The number of hydrogen-bond acceptors (Lipinski definition) is 2. The highest BCUT2D eigenvalue weighted by molar-refractivity contribution is 9.10. The van der Waals surface area contributed by atoms with Gasteiger partial charge in [0.15, 0.2) is 0 Å². The van der Waals surface area contributed by atoms with E-state index in [4.69, 9.17) is 10.5 Å². The van der Waals surface area contributed by atoms with Crippen molar-refractivity contribution in [2.45, 2.75) is 19.8 Å². The highest BCUT2D eigenvalue weighted by Gasteiger charge is 1.99. The first kappa shape index (κ1) is 13.3. The average Bonchev–Trinajstić information content (AvgIpc) is 2.42. The quantitative estimate of drug-likeness (QED) is 0.915. The van der Waals surface area contributed by atoms with E-state index in [0.717, 1.165) is 15.6 Å². The normalized spacial score (nSPS) is 10.6. The third-order valence-corrected chi connectivity index (χ3v) is 3.52. The van der Waals surface area contributed by atoms with Gasteiger partial charge in [-0.1, -0.05) is 58.4 Å². The Morgan fingerprint density at radius 1 is 0.889 bits per heavy atom. The topological polar surface area (TPSA) is 35.2 Å². The van der Waals surface area contributed by atoms with Crippen LogP contribution < -0.4 is 5.73 Å². The Morgan fingerprint density at radius 3 is 2.22 bits per heavy atom. The third-order valence-electron chi connectivity index (χ3n) is 2.74. The molecule has 0 radical (unpaired) electrons. The van der Waals surface area contributed by atoms with Crippen LogP contribution in [0, 0.1) is 0 Å². The van der Waals surface area contributed by atoms with Gasteiger partial charge in [0.1, 0.15) is 0 Å². The maximum atomic E-state index is 5.70. The number of hydrogen-bond donors (Lipinski definition) is 1. The lowest BCUT2D eigenvalue weighted by atomic mass is 10.1. The molecule has 0 aliphatic heterocycles. The molecule has 2 nitrogen and oxygen atoms in total. The molecule has 0 fully saturated rings. The minimum absolute atomic E-state index is 0.581. The zero-order chi connectivity index (χ0) is 12.8. The lowest BCUT2D eigenvalue weighted by molar-refractivity contribution is 0.107. The van der Waals surface area contributed by atoms with E-state index >= 15 is 0 Å². The van der Waals surface area contributed by atoms with Crippen molar-refractivity contribution in [3.63, 3.8) is 0 Å². The lowest BCUT2D eigenvalue weighted by Crippen LogP contribution is -1.98. The number of benzene rings is 2. The van der Waals surface area contributed by atoms with Gasteiger partial charge < -0.3 is 10.5 Å². The second-order valence-electron chi connectivity index (χ2n) is 4.10. The molecular formula is C15H16BrNO. The van der Waals surface area contributed by atoms with Gasteiger partial charge in [-0.25, -0.2) is 0 Å². The molecule has 0 atom stereocenters. The minimum atomic E-state index is 0.581. The number of halogens is 1. The van der Waals surface area contributed by atoms with Gasteiger partial charge in [-0.2, -0.15) is 0 Å². The minimum Gasteiger partial charge on any atom is -0.372 e. The van der Waals surface area contributed by atoms with Crippen LogP contribution in [0.5, 0.6) is 0 Å². The average molecular weight is 306 g/mol. The molecule has 2 aromatic rings.